The lowest BCUT2D eigenvalue weighted by Crippen LogP contribution is -2.13. The third-order valence-electron chi connectivity index (χ3n) is 2.94. The summed E-state index contributed by atoms with van der Waals surface area (Å²) in [6, 6.07) is 11.6. The van der Waals surface area contributed by atoms with Gasteiger partial charge in [0.1, 0.15) is 0 Å². The van der Waals surface area contributed by atoms with E-state index in [1.54, 1.807) is 13.3 Å². The van der Waals surface area contributed by atoms with Gasteiger partial charge in [0.2, 0.25) is 11.8 Å². The van der Waals surface area contributed by atoms with E-state index in [-0.39, 0.29) is 5.91 Å². The Balaban J connectivity index is 1.81. The van der Waals surface area contributed by atoms with Crippen LogP contribution in [0.5, 0.6) is 5.88 Å². The van der Waals surface area contributed by atoms with E-state index in [1.165, 1.54) is 6.92 Å². The lowest BCUT2D eigenvalue weighted by atomic mass is 10.2. The number of benzene rings is 1. The Bertz CT molecular complexity index is 579. The van der Waals surface area contributed by atoms with Crippen molar-refractivity contribution in [1.82, 2.24) is 10.3 Å². The average Bonchev–Trinajstić information content (AvgIpc) is 2.49. The maximum Gasteiger partial charge on any atom is 0.221 e. The smallest absolute Gasteiger partial charge is 0.221 e. The van der Waals surface area contributed by atoms with Crippen LogP contribution in [-0.4, -0.2) is 18.0 Å². The third kappa shape index (κ3) is 4.89. The second kappa shape index (κ2) is 7.40. The predicted molar refractivity (Wildman–Crippen MR) is 82.1 cm³/mol. The topological polar surface area (TPSA) is 63.2 Å². The molecule has 2 rings (SSSR count). The molecule has 1 amide bonds. The molecule has 0 atom stereocenters. The Kier molecular flexibility index (Phi) is 5.29. The fraction of sp³-hybridized carbons (Fsp3) is 0.250. The van der Waals surface area contributed by atoms with Crippen LogP contribution in [0.25, 0.3) is 0 Å². The van der Waals surface area contributed by atoms with Crippen LogP contribution in [0.1, 0.15) is 18.1 Å². The molecule has 5 nitrogen and oxygen atoms in total. The summed E-state index contributed by atoms with van der Waals surface area (Å²) in [7, 11) is 1.60. The first-order valence-electron chi connectivity index (χ1n) is 6.73. The van der Waals surface area contributed by atoms with Gasteiger partial charge in [0.25, 0.3) is 0 Å². The highest BCUT2D eigenvalue weighted by atomic mass is 16.5. The molecule has 1 aromatic heterocycles. The van der Waals surface area contributed by atoms with E-state index in [0.29, 0.717) is 5.88 Å². The van der Waals surface area contributed by atoms with Gasteiger partial charge in [-0.2, -0.15) is 0 Å². The largest absolute Gasteiger partial charge is 0.481 e. The van der Waals surface area contributed by atoms with E-state index >= 15 is 0 Å². The summed E-state index contributed by atoms with van der Waals surface area (Å²) < 4.78 is 5.02. The van der Waals surface area contributed by atoms with Crippen molar-refractivity contribution in [2.24, 2.45) is 0 Å². The highest BCUT2D eigenvalue weighted by Crippen LogP contribution is 2.10. The Hall–Kier alpha value is -2.40. The van der Waals surface area contributed by atoms with E-state index in [4.69, 9.17) is 4.74 Å². The maximum atomic E-state index is 10.9. The lowest BCUT2D eigenvalue weighted by molar-refractivity contribution is -0.114. The number of hydrogen-bond acceptors (Lipinski definition) is 4. The highest BCUT2D eigenvalue weighted by Gasteiger charge is 1.98. The van der Waals surface area contributed by atoms with Crippen molar-refractivity contribution in [2.45, 2.75) is 20.0 Å². The Labute approximate surface area is 124 Å². The molecule has 2 N–H and O–H groups in total. The highest BCUT2D eigenvalue weighted by molar-refractivity contribution is 5.88. The van der Waals surface area contributed by atoms with Crippen molar-refractivity contribution in [2.75, 3.05) is 12.4 Å². The van der Waals surface area contributed by atoms with E-state index in [2.05, 4.69) is 15.6 Å². The minimum absolute atomic E-state index is 0.0621. The summed E-state index contributed by atoms with van der Waals surface area (Å²) in [6.45, 7) is 3.00. The Morgan fingerprint density at radius 3 is 2.33 bits per heavy atom. The number of amides is 1. The van der Waals surface area contributed by atoms with Crippen LogP contribution >= 0.6 is 0 Å². The summed E-state index contributed by atoms with van der Waals surface area (Å²) in [4.78, 5) is 15.1. The Morgan fingerprint density at radius 1 is 1.10 bits per heavy atom. The summed E-state index contributed by atoms with van der Waals surface area (Å²) in [5, 5.41) is 6.09. The molecule has 0 bridgehead atoms. The second-order valence-electron chi connectivity index (χ2n) is 4.69. The number of rotatable bonds is 6. The minimum atomic E-state index is -0.0621. The summed E-state index contributed by atoms with van der Waals surface area (Å²) in [6.07, 6.45) is 1.80. The number of aromatic nitrogens is 1. The summed E-state index contributed by atoms with van der Waals surface area (Å²) in [5.41, 5.74) is 3.07. The number of nitrogens with one attached hydrogen (secondary N) is 2. The number of pyridine rings is 1. The van der Waals surface area contributed by atoms with Gasteiger partial charge in [0, 0.05) is 38.0 Å². The van der Waals surface area contributed by atoms with Crippen LogP contribution in [0.4, 0.5) is 5.69 Å². The molecule has 21 heavy (non-hydrogen) atoms. The number of methoxy groups -OCH3 is 1. The number of hydrogen-bond donors (Lipinski definition) is 2. The first-order chi connectivity index (χ1) is 10.2. The molecule has 0 unspecified atom stereocenters. The van der Waals surface area contributed by atoms with Crippen molar-refractivity contribution >= 4 is 11.6 Å². The van der Waals surface area contributed by atoms with Crippen molar-refractivity contribution in [1.29, 1.82) is 0 Å². The molecule has 0 saturated heterocycles. The SMILES string of the molecule is COc1ccc(CNCc2ccc(NC(C)=O)cc2)cn1. The van der Waals surface area contributed by atoms with Gasteiger partial charge < -0.3 is 15.4 Å². The van der Waals surface area contributed by atoms with Crippen LogP contribution in [0.2, 0.25) is 0 Å². The first-order valence-corrected chi connectivity index (χ1v) is 6.73. The molecular weight excluding hydrogens is 266 g/mol. The molecular formula is C16H19N3O2. The zero-order chi connectivity index (χ0) is 15.1. The number of ether oxygens (including phenoxy) is 1. The second-order valence-corrected chi connectivity index (χ2v) is 4.69. The number of carbonyl (C=O) groups is 1. The van der Waals surface area contributed by atoms with E-state index < -0.39 is 0 Å². The predicted octanol–water partition coefficient (Wildman–Crippen LogP) is 2.34. The number of nitrogens with zero attached hydrogens (tertiary/aromatic N) is 1. The van der Waals surface area contributed by atoms with Gasteiger partial charge in [0.05, 0.1) is 7.11 Å². The third-order valence-corrected chi connectivity index (χ3v) is 2.94. The molecule has 0 aliphatic carbocycles. The monoisotopic (exact) mass is 285 g/mol. The fourth-order valence-corrected chi connectivity index (χ4v) is 1.90. The number of carbonyl (C=O) groups excluding carboxylic acids is 1. The lowest BCUT2D eigenvalue weighted by Gasteiger charge is -2.07. The van der Waals surface area contributed by atoms with Gasteiger partial charge in [-0.1, -0.05) is 18.2 Å². The maximum absolute atomic E-state index is 10.9. The standard InChI is InChI=1S/C16H19N3O2/c1-12(20)19-15-6-3-13(4-7-15)9-17-10-14-5-8-16(21-2)18-11-14/h3-8,11,17H,9-10H2,1-2H3,(H,19,20). The zero-order valence-corrected chi connectivity index (χ0v) is 12.2. The van der Waals surface area contributed by atoms with E-state index in [0.717, 1.165) is 29.9 Å². The molecule has 0 radical (unpaired) electrons. The van der Waals surface area contributed by atoms with Gasteiger partial charge in [-0.15, -0.1) is 0 Å². The normalized spacial score (nSPS) is 10.2. The summed E-state index contributed by atoms with van der Waals surface area (Å²) in [5.74, 6) is 0.556. The molecule has 0 spiro atoms. The summed E-state index contributed by atoms with van der Waals surface area (Å²) >= 11 is 0. The first kappa shape index (κ1) is 15.0. The minimum Gasteiger partial charge on any atom is -0.481 e. The van der Waals surface area contributed by atoms with Gasteiger partial charge in [-0.05, 0) is 23.3 Å². The van der Waals surface area contributed by atoms with E-state index in [9.17, 15) is 4.79 Å². The van der Waals surface area contributed by atoms with Crippen molar-refractivity contribution in [3.05, 3.63) is 53.7 Å². The van der Waals surface area contributed by atoms with Crippen LogP contribution in [0.15, 0.2) is 42.6 Å². The molecule has 0 aliphatic rings. The average molecular weight is 285 g/mol. The van der Waals surface area contributed by atoms with Crippen LogP contribution < -0.4 is 15.4 Å². The van der Waals surface area contributed by atoms with Gasteiger partial charge in [0.15, 0.2) is 0 Å². The molecule has 1 heterocycles. The van der Waals surface area contributed by atoms with Gasteiger partial charge >= 0.3 is 0 Å². The van der Waals surface area contributed by atoms with Gasteiger partial charge in [-0.3, -0.25) is 4.79 Å². The van der Waals surface area contributed by atoms with E-state index in [1.807, 2.05) is 36.4 Å². The molecule has 0 saturated carbocycles. The number of anilines is 1. The van der Waals surface area contributed by atoms with Crippen LogP contribution in [-0.2, 0) is 17.9 Å². The quantitative estimate of drug-likeness (QED) is 0.855. The molecule has 2 aromatic rings. The van der Waals surface area contributed by atoms with Crippen molar-refractivity contribution in [3.63, 3.8) is 0 Å². The molecule has 0 aliphatic heterocycles. The van der Waals surface area contributed by atoms with Gasteiger partial charge in [-0.25, -0.2) is 4.98 Å². The van der Waals surface area contributed by atoms with Crippen molar-refractivity contribution < 1.29 is 9.53 Å². The molecule has 0 fully saturated rings. The molecule has 5 heteroatoms. The Morgan fingerprint density at radius 2 is 1.76 bits per heavy atom. The fourth-order valence-electron chi connectivity index (χ4n) is 1.90. The van der Waals surface area contributed by atoms with Crippen molar-refractivity contribution in [3.8, 4) is 5.88 Å². The zero-order valence-electron chi connectivity index (χ0n) is 12.2. The molecule has 110 valence electrons. The van der Waals surface area contributed by atoms with Crippen LogP contribution in [0.3, 0.4) is 0 Å². The molecule has 1 aromatic carbocycles. The van der Waals surface area contributed by atoms with Crippen LogP contribution in [0, 0.1) is 0 Å².